The average Bonchev–Trinajstić information content (AvgIpc) is 2.15. The van der Waals surface area contributed by atoms with Gasteiger partial charge in [-0.1, -0.05) is 52.9 Å². The summed E-state index contributed by atoms with van der Waals surface area (Å²) in [5.74, 6) is 1.63. The molecule has 1 aliphatic rings. The zero-order chi connectivity index (χ0) is 11.1. The minimum absolute atomic E-state index is 0.811. The molecule has 0 spiro atoms. The van der Waals surface area contributed by atoms with E-state index in [4.69, 9.17) is 0 Å². The van der Waals surface area contributed by atoms with Gasteiger partial charge in [0, 0.05) is 6.04 Å². The van der Waals surface area contributed by atoms with E-state index < -0.39 is 0 Å². The largest absolute Gasteiger partial charge is 0.314 e. The van der Waals surface area contributed by atoms with E-state index in [9.17, 15) is 0 Å². The van der Waals surface area contributed by atoms with Gasteiger partial charge in [-0.15, -0.1) is 0 Å². The van der Waals surface area contributed by atoms with E-state index >= 15 is 0 Å². The maximum absolute atomic E-state index is 3.77. The van der Waals surface area contributed by atoms with Crippen molar-refractivity contribution in [3.05, 3.63) is 0 Å². The third-order valence-corrected chi connectivity index (χ3v) is 3.97. The van der Waals surface area contributed by atoms with Gasteiger partial charge in [0.05, 0.1) is 0 Å². The van der Waals surface area contributed by atoms with Gasteiger partial charge in [0.15, 0.2) is 0 Å². The van der Waals surface area contributed by atoms with Crippen LogP contribution in [0.15, 0.2) is 0 Å². The molecule has 1 saturated carbocycles. The summed E-state index contributed by atoms with van der Waals surface area (Å²) in [4.78, 5) is 0. The normalized spacial score (nSPS) is 22.4. The summed E-state index contributed by atoms with van der Waals surface area (Å²) in [6, 6.07) is 0.812. The lowest BCUT2D eigenvalue weighted by molar-refractivity contribution is 0.332. The molecule has 1 unspecified atom stereocenters. The highest BCUT2D eigenvalue weighted by Crippen LogP contribution is 2.17. The smallest absolute Gasteiger partial charge is 0.00671 e. The van der Waals surface area contributed by atoms with E-state index in [0.717, 1.165) is 17.9 Å². The summed E-state index contributed by atoms with van der Waals surface area (Å²) in [6.45, 7) is 8.22. The van der Waals surface area contributed by atoms with Crippen molar-refractivity contribution >= 4 is 0 Å². The number of nitrogens with one attached hydrogen (secondary N) is 1. The predicted molar refractivity (Wildman–Crippen MR) is 68.1 cm³/mol. The highest BCUT2D eigenvalue weighted by molar-refractivity contribution is 4.71. The first kappa shape index (κ1) is 13.0. The molecule has 15 heavy (non-hydrogen) atoms. The monoisotopic (exact) mass is 211 g/mol. The van der Waals surface area contributed by atoms with Gasteiger partial charge in [-0.3, -0.25) is 0 Å². The van der Waals surface area contributed by atoms with Crippen molar-refractivity contribution in [2.24, 2.45) is 11.8 Å². The fourth-order valence-electron chi connectivity index (χ4n) is 2.25. The van der Waals surface area contributed by atoms with Gasteiger partial charge in [-0.2, -0.15) is 0 Å². The second-order valence-electron chi connectivity index (χ2n) is 5.67. The standard InChI is InChI=1S/C14H29N/c1-12(2)13(3)11-15-14-9-7-5-4-6-8-10-14/h12-15H,4-11H2,1-3H3. The van der Waals surface area contributed by atoms with Crippen LogP contribution in [0.4, 0.5) is 0 Å². The van der Waals surface area contributed by atoms with Crippen molar-refractivity contribution < 1.29 is 0 Å². The third-order valence-electron chi connectivity index (χ3n) is 3.97. The van der Waals surface area contributed by atoms with Crippen molar-refractivity contribution in [1.29, 1.82) is 0 Å². The van der Waals surface area contributed by atoms with Gasteiger partial charge >= 0.3 is 0 Å². The van der Waals surface area contributed by atoms with Gasteiger partial charge in [0.2, 0.25) is 0 Å². The van der Waals surface area contributed by atoms with Crippen LogP contribution in [0, 0.1) is 11.8 Å². The molecule has 0 radical (unpaired) electrons. The van der Waals surface area contributed by atoms with Crippen LogP contribution in [0.3, 0.4) is 0 Å². The quantitative estimate of drug-likeness (QED) is 0.741. The molecule has 0 aromatic heterocycles. The van der Waals surface area contributed by atoms with E-state index in [-0.39, 0.29) is 0 Å². The van der Waals surface area contributed by atoms with Gasteiger partial charge in [0.25, 0.3) is 0 Å². The highest BCUT2D eigenvalue weighted by atomic mass is 14.9. The summed E-state index contributed by atoms with van der Waals surface area (Å²) in [7, 11) is 0. The Morgan fingerprint density at radius 1 is 0.933 bits per heavy atom. The van der Waals surface area contributed by atoms with Crippen molar-refractivity contribution in [1.82, 2.24) is 5.32 Å². The van der Waals surface area contributed by atoms with E-state index in [0.29, 0.717) is 0 Å². The summed E-state index contributed by atoms with van der Waals surface area (Å²) < 4.78 is 0. The van der Waals surface area contributed by atoms with Crippen molar-refractivity contribution in [2.75, 3.05) is 6.54 Å². The molecule has 1 fully saturated rings. The molecule has 0 aliphatic heterocycles. The van der Waals surface area contributed by atoms with Crippen molar-refractivity contribution in [2.45, 2.75) is 71.8 Å². The second kappa shape index (κ2) is 7.27. The first-order valence-electron chi connectivity index (χ1n) is 6.93. The molecule has 1 aliphatic carbocycles. The lowest BCUT2D eigenvalue weighted by Gasteiger charge is -2.24. The Bertz CT molecular complexity index is 145. The zero-order valence-electron chi connectivity index (χ0n) is 10.9. The molecule has 0 bridgehead atoms. The van der Waals surface area contributed by atoms with Crippen molar-refractivity contribution in [3.8, 4) is 0 Å². The van der Waals surface area contributed by atoms with Crippen LogP contribution in [-0.2, 0) is 0 Å². The van der Waals surface area contributed by atoms with E-state index in [1.165, 1.54) is 51.5 Å². The topological polar surface area (TPSA) is 12.0 Å². The summed E-state index contributed by atoms with van der Waals surface area (Å²) in [5.41, 5.74) is 0. The first-order chi connectivity index (χ1) is 7.20. The molecule has 0 aromatic rings. The van der Waals surface area contributed by atoms with Gasteiger partial charge in [-0.05, 0) is 31.2 Å². The molecule has 0 heterocycles. The molecule has 90 valence electrons. The fourth-order valence-corrected chi connectivity index (χ4v) is 2.25. The predicted octanol–water partition coefficient (Wildman–Crippen LogP) is 3.98. The minimum atomic E-state index is 0.811. The van der Waals surface area contributed by atoms with Crippen LogP contribution in [-0.4, -0.2) is 12.6 Å². The molecular formula is C14H29N. The SMILES string of the molecule is CC(C)C(C)CNC1CCCCCCC1. The molecule has 0 amide bonds. The average molecular weight is 211 g/mol. The molecule has 1 atom stereocenters. The summed E-state index contributed by atoms with van der Waals surface area (Å²) in [6.07, 6.45) is 10.1. The second-order valence-corrected chi connectivity index (χ2v) is 5.67. The minimum Gasteiger partial charge on any atom is -0.314 e. The lowest BCUT2D eigenvalue weighted by atomic mass is 9.94. The summed E-state index contributed by atoms with van der Waals surface area (Å²) in [5, 5.41) is 3.77. The number of rotatable bonds is 4. The third kappa shape index (κ3) is 5.55. The molecular weight excluding hydrogens is 182 g/mol. The Kier molecular flexibility index (Phi) is 6.31. The number of hydrogen-bond acceptors (Lipinski definition) is 1. The molecule has 1 heteroatoms. The van der Waals surface area contributed by atoms with Gasteiger partial charge < -0.3 is 5.32 Å². The van der Waals surface area contributed by atoms with Crippen LogP contribution in [0.25, 0.3) is 0 Å². The molecule has 0 aromatic carbocycles. The van der Waals surface area contributed by atoms with Crippen LogP contribution < -0.4 is 5.32 Å². The molecule has 1 N–H and O–H groups in total. The zero-order valence-corrected chi connectivity index (χ0v) is 10.9. The Balaban J connectivity index is 2.17. The van der Waals surface area contributed by atoms with Crippen LogP contribution in [0.5, 0.6) is 0 Å². The highest BCUT2D eigenvalue weighted by Gasteiger charge is 2.13. The van der Waals surface area contributed by atoms with Crippen LogP contribution in [0.2, 0.25) is 0 Å². The first-order valence-corrected chi connectivity index (χ1v) is 6.93. The maximum Gasteiger partial charge on any atom is 0.00671 e. The lowest BCUT2D eigenvalue weighted by Crippen LogP contribution is -2.34. The number of hydrogen-bond donors (Lipinski definition) is 1. The van der Waals surface area contributed by atoms with E-state index in [1.54, 1.807) is 0 Å². The molecule has 0 saturated heterocycles. The Morgan fingerprint density at radius 3 is 2.00 bits per heavy atom. The molecule has 1 nitrogen and oxygen atoms in total. The van der Waals surface area contributed by atoms with Crippen LogP contribution >= 0.6 is 0 Å². The summed E-state index contributed by atoms with van der Waals surface area (Å²) >= 11 is 0. The van der Waals surface area contributed by atoms with Crippen molar-refractivity contribution in [3.63, 3.8) is 0 Å². The Morgan fingerprint density at radius 2 is 1.47 bits per heavy atom. The van der Waals surface area contributed by atoms with Gasteiger partial charge in [-0.25, -0.2) is 0 Å². The fraction of sp³-hybridized carbons (Fsp3) is 1.00. The molecule has 1 rings (SSSR count). The van der Waals surface area contributed by atoms with E-state index in [1.807, 2.05) is 0 Å². The Labute approximate surface area is 96.0 Å². The van der Waals surface area contributed by atoms with Crippen LogP contribution in [0.1, 0.15) is 65.7 Å². The van der Waals surface area contributed by atoms with E-state index in [2.05, 4.69) is 26.1 Å². The maximum atomic E-state index is 3.77. The Hall–Kier alpha value is -0.0400. The van der Waals surface area contributed by atoms with Gasteiger partial charge in [0.1, 0.15) is 0 Å².